The van der Waals surface area contributed by atoms with Crippen LogP contribution in [-0.2, 0) is 6.54 Å². The number of aromatic nitrogens is 3. The van der Waals surface area contributed by atoms with Crippen LogP contribution in [-0.4, -0.2) is 48.1 Å². The van der Waals surface area contributed by atoms with Crippen LogP contribution in [0.25, 0.3) is 11.4 Å². The van der Waals surface area contributed by atoms with Crippen molar-refractivity contribution in [2.24, 2.45) is 0 Å². The van der Waals surface area contributed by atoms with Gasteiger partial charge >= 0.3 is 5.69 Å². The summed E-state index contributed by atoms with van der Waals surface area (Å²) in [6.45, 7) is 0.500. The molecule has 0 radical (unpaired) electrons. The highest BCUT2D eigenvalue weighted by Crippen LogP contribution is 2.38. The Kier molecular flexibility index (Phi) is 6.16. The molecule has 0 saturated heterocycles. The second kappa shape index (κ2) is 9.17. The summed E-state index contributed by atoms with van der Waals surface area (Å²) >= 11 is 0. The fourth-order valence-electron chi connectivity index (χ4n) is 3.60. The number of hydrogen-bond donors (Lipinski definition) is 1. The van der Waals surface area contributed by atoms with Gasteiger partial charge in [-0.05, 0) is 25.0 Å². The van der Waals surface area contributed by atoms with Gasteiger partial charge in [0.1, 0.15) is 0 Å². The molecule has 4 rings (SSSR count). The molecule has 0 aliphatic heterocycles. The first kappa shape index (κ1) is 21.5. The topological polar surface area (TPSA) is 96.6 Å². The van der Waals surface area contributed by atoms with Gasteiger partial charge in [-0.15, -0.1) is 5.10 Å². The van der Waals surface area contributed by atoms with Gasteiger partial charge in [-0.1, -0.05) is 30.3 Å². The molecule has 1 aliphatic rings. The first-order chi connectivity index (χ1) is 15.6. The minimum absolute atomic E-state index is 0.159. The first-order valence-corrected chi connectivity index (χ1v) is 10.4. The zero-order valence-corrected chi connectivity index (χ0v) is 18.3. The van der Waals surface area contributed by atoms with Gasteiger partial charge in [0, 0.05) is 23.7 Å². The zero-order chi connectivity index (χ0) is 22.7. The molecule has 0 atom stereocenters. The summed E-state index contributed by atoms with van der Waals surface area (Å²) in [6, 6.07) is 13.0. The summed E-state index contributed by atoms with van der Waals surface area (Å²) in [6.07, 6.45) is 1.95. The number of carbonyl (C=O) groups excluding carboxylic acids is 1. The van der Waals surface area contributed by atoms with Gasteiger partial charge in [-0.25, -0.2) is 9.48 Å². The molecule has 1 heterocycles. The second-order valence-corrected chi connectivity index (χ2v) is 7.47. The molecule has 1 aliphatic carbocycles. The largest absolute Gasteiger partial charge is 0.493 e. The maximum absolute atomic E-state index is 12.9. The molecule has 2 aromatic carbocycles. The van der Waals surface area contributed by atoms with Crippen LogP contribution < -0.4 is 25.2 Å². The average molecular weight is 438 g/mol. The van der Waals surface area contributed by atoms with Crippen LogP contribution in [0.4, 0.5) is 0 Å². The lowest BCUT2D eigenvalue weighted by molar-refractivity contribution is 0.0951. The van der Waals surface area contributed by atoms with Crippen molar-refractivity contribution in [2.45, 2.75) is 25.4 Å². The van der Waals surface area contributed by atoms with E-state index >= 15 is 0 Å². The SMILES string of the molecule is COc1cc(C(=O)NCCn2nc(-c3ccccc3)n(C3CC3)c2=O)cc(OC)c1OC. The summed E-state index contributed by atoms with van der Waals surface area (Å²) in [7, 11) is 4.49. The number of nitrogens with zero attached hydrogens (tertiary/aromatic N) is 3. The molecular formula is C23H26N4O5. The lowest BCUT2D eigenvalue weighted by atomic mass is 10.1. The number of amides is 1. The van der Waals surface area contributed by atoms with Gasteiger partial charge in [0.25, 0.3) is 5.91 Å². The molecular weight excluding hydrogens is 412 g/mol. The number of nitrogens with one attached hydrogen (secondary N) is 1. The quantitative estimate of drug-likeness (QED) is 0.551. The normalized spacial score (nSPS) is 13.0. The van der Waals surface area contributed by atoms with Crippen LogP contribution in [0.3, 0.4) is 0 Å². The van der Waals surface area contributed by atoms with E-state index in [2.05, 4.69) is 10.4 Å². The molecule has 1 fully saturated rings. The summed E-state index contributed by atoms with van der Waals surface area (Å²) in [5, 5.41) is 7.38. The predicted molar refractivity (Wildman–Crippen MR) is 119 cm³/mol. The van der Waals surface area contributed by atoms with Crippen LogP contribution in [0.5, 0.6) is 17.2 Å². The molecule has 1 N–H and O–H groups in total. The van der Waals surface area contributed by atoms with E-state index in [9.17, 15) is 9.59 Å². The van der Waals surface area contributed by atoms with E-state index in [-0.39, 0.29) is 30.7 Å². The Morgan fingerprint density at radius 1 is 1.06 bits per heavy atom. The molecule has 1 saturated carbocycles. The van der Waals surface area contributed by atoms with Crippen molar-refractivity contribution in [3.8, 4) is 28.6 Å². The molecule has 3 aromatic rings. The molecule has 1 amide bonds. The van der Waals surface area contributed by atoms with Gasteiger partial charge < -0.3 is 19.5 Å². The van der Waals surface area contributed by atoms with Crippen LogP contribution in [0.2, 0.25) is 0 Å². The Morgan fingerprint density at radius 2 is 1.72 bits per heavy atom. The van der Waals surface area contributed by atoms with Crippen molar-refractivity contribution in [1.82, 2.24) is 19.7 Å². The predicted octanol–water partition coefficient (Wildman–Crippen LogP) is 2.50. The Hall–Kier alpha value is -3.75. The third-order valence-corrected chi connectivity index (χ3v) is 5.35. The van der Waals surface area contributed by atoms with E-state index < -0.39 is 0 Å². The van der Waals surface area contributed by atoms with Gasteiger partial charge in [0.2, 0.25) is 5.75 Å². The highest BCUT2D eigenvalue weighted by atomic mass is 16.5. The lowest BCUT2D eigenvalue weighted by Crippen LogP contribution is -2.32. The van der Waals surface area contributed by atoms with Crippen LogP contribution in [0.15, 0.2) is 47.3 Å². The Balaban J connectivity index is 1.49. The van der Waals surface area contributed by atoms with E-state index in [1.54, 1.807) is 16.7 Å². The van der Waals surface area contributed by atoms with Gasteiger partial charge in [0.05, 0.1) is 27.9 Å². The van der Waals surface area contributed by atoms with Crippen molar-refractivity contribution >= 4 is 5.91 Å². The van der Waals surface area contributed by atoms with E-state index in [1.165, 1.54) is 26.0 Å². The summed E-state index contributed by atoms with van der Waals surface area (Å²) in [5.41, 5.74) is 1.10. The number of rotatable bonds is 9. The van der Waals surface area contributed by atoms with Crippen LogP contribution in [0.1, 0.15) is 29.2 Å². The molecule has 9 nitrogen and oxygen atoms in total. The third kappa shape index (κ3) is 4.18. The highest BCUT2D eigenvalue weighted by molar-refractivity contribution is 5.95. The first-order valence-electron chi connectivity index (χ1n) is 10.4. The van der Waals surface area contributed by atoms with E-state index in [0.29, 0.717) is 28.6 Å². The number of methoxy groups -OCH3 is 3. The van der Waals surface area contributed by atoms with Crippen LogP contribution >= 0.6 is 0 Å². The standard InChI is InChI=1S/C23H26N4O5/c1-30-18-13-16(14-19(31-2)20(18)32-3)22(28)24-11-12-26-23(29)27(17-9-10-17)21(25-26)15-7-5-4-6-8-15/h4-8,13-14,17H,9-12H2,1-3H3,(H,24,28). The molecule has 32 heavy (non-hydrogen) atoms. The molecule has 9 heteroatoms. The minimum Gasteiger partial charge on any atom is -0.493 e. The van der Waals surface area contributed by atoms with Gasteiger partial charge in [-0.2, -0.15) is 0 Å². The highest BCUT2D eigenvalue weighted by Gasteiger charge is 2.30. The average Bonchev–Trinajstić information content (AvgIpc) is 3.61. The van der Waals surface area contributed by atoms with Crippen molar-refractivity contribution < 1.29 is 19.0 Å². The van der Waals surface area contributed by atoms with Crippen molar-refractivity contribution in [3.63, 3.8) is 0 Å². The Labute approximate surface area is 185 Å². The fourth-order valence-corrected chi connectivity index (χ4v) is 3.60. The number of benzene rings is 2. The third-order valence-electron chi connectivity index (χ3n) is 5.35. The molecule has 168 valence electrons. The fraction of sp³-hybridized carbons (Fsp3) is 0.348. The molecule has 0 unspecified atom stereocenters. The zero-order valence-electron chi connectivity index (χ0n) is 18.3. The lowest BCUT2D eigenvalue weighted by Gasteiger charge is -2.14. The maximum atomic E-state index is 12.9. The second-order valence-electron chi connectivity index (χ2n) is 7.47. The van der Waals surface area contributed by atoms with Crippen LogP contribution in [0, 0.1) is 0 Å². The monoisotopic (exact) mass is 438 g/mol. The van der Waals surface area contributed by atoms with E-state index in [0.717, 1.165) is 18.4 Å². The van der Waals surface area contributed by atoms with Crippen molar-refractivity contribution in [1.29, 1.82) is 0 Å². The maximum Gasteiger partial charge on any atom is 0.346 e. The van der Waals surface area contributed by atoms with Gasteiger partial charge in [0.15, 0.2) is 17.3 Å². The molecule has 1 aromatic heterocycles. The summed E-state index contributed by atoms with van der Waals surface area (Å²) in [4.78, 5) is 25.6. The summed E-state index contributed by atoms with van der Waals surface area (Å²) in [5.74, 6) is 1.54. The van der Waals surface area contributed by atoms with Crippen molar-refractivity contribution in [2.75, 3.05) is 27.9 Å². The minimum atomic E-state index is -0.317. The summed E-state index contributed by atoms with van der Waals surface area (Å²) < 4.78 is 19.1. The smallest absolute Gasteiger partial charge is 0.346 e. The number of ether oxygens (including phenoxy) is 3. The van der Waals surface area contributed by atoms with Gasteiger partial charge in [-0.3, -0.25) is 9.36 Å². The number of hydrogen-bond acceptors (Lipinski definition) is 6. The number of carbonyl (C=O) groups is 1. The van der Waals surface area contributed by atoms with E-state index in [1.807, 2.05) is 30.3 Å². The molecule has 0 spiro atoms. The van der Waals surface area contributed by atoms with E-state index in [4.69, 9.17) is 14.2 Å². The molecule has 0 bridgehead atoms. The Morgan fingerprint density at radius 3 is 2.28 bits per heavy atom. The Bertz CT molecular complexity index is 1140. The van der Waals surface area contributed by atoms with Crippen molar-refractivity contribution in [3.05, 3.63) is 58.5 Å².